The predicted octanol–water partition coefficient (Wildman–Crippen LogP) is 3.20. The molecule has 3 rings (SSSR count). The predicted molar refractivity (Wildman–Crippen MR) is 93.1 cm³/mol. The zero-order valence-electron chi connectivity index (χ0n) is 13.6. The van der Waals surface area contributed by atoms with Crippen LogP contribution in [0.5, 0.6) is 11.5 Å². The van der Waals surface area contributed by atoms with Gasteiger partial charge in [-0.2, -0.15) is 0 Å². The Kier molecular flexibility index (Phi) is 4.53. The first-order valence-corrected chi connectivity index (χ1v) is 7.72. The van der Waals surface area contributed by atoms with Crippen LogP contribution in [0.25, 0.3) is 0 Å². The van der Waals surface area contributed by atoms with Gasteiger partial charge in [-0.25, -0.2) is 0 Å². The summed E-state index contributed by atoms with van der Waals surface area (Å²) >= 11 is 0. The molecule has 0 saturated carbocycles. The van der Waals surface area contributed by atoms with E-state index in [4.69, 9.17) is 9.47 Å². The number of anilines is 1. The van der Waals surface area contributed by atoms with Crippen molar-refractivity contribution < 1.29 is 9.47 Å². The summed E-state index contributed by atoms with van der Waals surface area (Å²) in [5, 5.41) is 3.36. The van der Waals surface area contributed by atoms with Gasteiger partial charge in [0.1, 0.15) is 0 Å². The van der Waals surface area contributed by atoms with Crippen LogP contribution in [0, 0.1) is 0 Å². The highest BCUT2D eigenvalue weighted by atomic mass is 16.7. The number of benzene rings is 2. The molecule has 23 heavy (non-hydrogen) atoms. The first-order valence-electron chi connectivity index (χ1n) is 7.72. The molecule has 4 nitrogen and oxygen atoms in total. The molecule has 0 spiro atoms. The van der Waals surface area contributed by atoms with E-state index < -0.39 is 0 Å². The van der Waals surface area contributed by atoms with Crippen molar-refractivity contribution in [1.82, 2.24) is 5.32 Å². The minimum atomic E-state index is 0.160. The van der Waals surface area contributed by atoms with Crippen LogP contribution < -0.4 is 19.7 Å². The van der Waals surface area contributed by atoms with Crippen LogP contribution in [-0.2, 0) is 6.42 Å². The highest BCUT2D eigenvalue weighted by molar-refractivity contribution is 5.59. The van der Waals surface area contributed by atoms with Gasteiger partial charge < -0.3 is 19.7 Å². The summed E-state index contributed by atoms with van der Waals surface area (Å²) < 4.78 is 10.8. The number of hydrogen-bond acceptors (Lipinski definition) is 4. The van der Waals surface area contributed by atoms with E-state index in [9.17, 15) is 0 Å². The second-order valence-electron chi connectivity index (χ2n) is 5.62. The Balaban J connectivity index is 1.75. The van der Waals surface area contributed by atoms with Crippen LogP contribution in [0.15, 0.2) is 60.8 Å². The molecule has 0 aliphatic carbocycles. The molecule has 0 saturated heterocycles. The lowest BCUT2D eigenvalue weighted by molar-refractivity contribution is 0.174. The second-order valence-corrected chi connectivity index (χ2v) is 5.62. The number of nitrogens with one attached hydrogen (secondary N) is 1. The Morgan fingerprint density at radius 2 is 1.91 bits per heavy atom. The normalized spacial score (nSPS) is 13.7. The van der Waals surface area contributed by atoms with Crippen LogP contribution in [0.4, 0.5) is 5.69 Å². The van der Waals surface area contributed by atoms with E-state index in [2.05, 4.69) is 41.1 Å². The smallest absolute Gasteiger partial charge is 0.231 e. The SMILES string of the molecule is C=C(C(Cc1ccccc1)NC)N(C)c1ccc2c(c1)OCO2. The molecule has 1 aliphatic heterocycles. The van der Waals surface area contributed by atoms with Crippen molar-refractivity contribution in [2.75, 3.05) is 25.8 Å². The third-order valence-corrected chi connectivity index (χ3v) is 4.21. The van der Waals surface area contributed by atoms with Crippen LogP contribution in [0.2, 0.25) is 0 Å². The van der Waals surface area contributed by atoms with E-state index in [1.165, 1.54) is 5.56 Å². The number of fused-ring (bicyclic) bond motifs is 1. The third kappa shape index (κ3) is 3.32. The molecule has 0 radical (unpaired) electrons. The highest BCUT2D eigenvalue weighted by Crippen LogP contribution is 2.36. The van der Waals surface area contributed by atoms with Crippen molar-refractivity contribution >= 4 is 5.69 Å². The van der Waals surface area contributed by atoms with Crippen LogP contribution >= 0.6 is 0 Å². The van der Waals surface area contributed by atoms with Gasteiger partial charge in [0.2, 0.25) is 6.79 Å². The van der Waals surface area contributed by atoms with Gasteiger partial charge in [0, 0.05) is 24.5 Å². The molecule has 1 N–H and O–H groups in total. The zero-order chi connectivity index (χ0) is 16.2. The molecule has 0 bridgehead atoms. The van der Waals surface area contributed by atoms with Gasteiger partial charge >= 0.3 is 0 Å². The summed E-state index contributed by atoms with van der Waals surface area (Å²) in [5.41, 5.74) is 3.33. The zero-order valence-corrected chi connectivity index (χ0v) is 13.6. The van der Waals surface area contributed by atoms with E-state index in [-0.39, 0.29) is 12.8 Å². The maximum absolute atomic E-state index is 5.46. The second kappa shape index (κ2) is 6.75. The molecule has 0 aromatic heterocycles. The van der Waals surface area contributed by atoms with Gasteiger partial charge in [0.05, 0.1) is 6.04 Å². The van der Waals surface area contributed by atoms with Crippen molar-refractivity contribution in [1.29, 1.82) is 0 Å². The van der Waals surface area contributed by atoms with E-state index in [1.54, 1.807) is 0 Å². The lowest BCUT2D eigenvalue weighted by Gasteiger charge is -2.28. The molecule has 0 fully saturated rings. The Hall–Kier alpha value is -2.46. The molecule has 2 aromatic rings. The Morgan fingerprint density at radius 3 is 2.65 bits per heavy atom. The topological polar surface area (TPSA) is 33.7 Å². The fourth-order valence-electron chi connectivity index (χ4n) is 2.73. The lowest BCUT2D eigenvalue weighted by atomic mass is 10.0. The van der Waals surface area contributed by atoms with Crippen LogP contribution in [0.3, 0.4) is 0 Å². The maximum Gasteiger partial charge on any atom is 0.231 e. The number of rotatable bonds is 6. The fraction of sp³-hybridized carbons (Fsp3) is 0.263. The van der Waals surface area contributed by atoms with E-state index in [1.807, 2.05) is 38.4 Å². The first kappa shape index (κ1) is 15.4. The molecular formula is C19H22N2O2. The van der Waals surface area contributed by atoms with Gasteiger partial charge in [-0.3, -0.25) is 0 Å². The Morgan fingerprint density at radius 1 is 1.17 bits per heavy atom. The number of likely N-dealkylation sites (N-methyl/N-ethyl adjacent to an activating group) is 2. The molecule has 4 heteroatoms. The summed E-state index contributed by atoms with van der Waals surface area (Å²) in [7, 11) is 3.99. The van der Waals surface area contributed by atoms with Crippen LogP contribution in [0.1, 0.15) is 5.56 Å². The lowest BCUT2D eigenvalue weighted by Crippen LogP contribution is -2.36. The van der Waals surface area contributed by atoms with Crippen molar-refractivity contribution in [3.63, 3.8) is 0 Å². The minimum absolute atomic E-state index is 0.160. The largest absolute Gasteiger partial charge is 0.454 e. The van der Waals surface area contributed by atoms with Gasteiger partial charge in [0.25, 0.3) is 0 Å². The monoisotopic (exact) mass is 310 g/mol. The van der Waals surface area contributed by atoms with Gasteiger partial charge in [-0.1, -0.05) is 36.9 Å². The van der Waals surface area contributed by atoms with Gasteiger partial charge in [-0.05, 0) is 31.2 Å². The molecule has 1 aliphatic rings. The number of hydrogen-bond donors (Lipinski definition) is 1. The summed E-state index contributed by atoms with van der Waals surface area (Å²) in [6, 6.07) is 16.5. The fourth-order valence-corrected chi connectivity index (χ4v) is 2.73. The third-order valence-electron chi connectivity index (χ3n) is 4.21. The van der Waals surface area contributed by atoms with Crippen molar-refractivity contribution in [2.45, 2.75) is 12.5 Å². The summed E-state index contributed by atoms with van der Waals surface area (Å²) in [6.45, 7) is 4.57. The highest BCUT2D eigenvalue weighted by Gasteiger charge is 2.19. The van der Waals surface area contributed by atoms with Crippen LogP contribution in [-0.4, -0.2) is 26.9 Å². The molecule has 2 aromatic carbocycles. The number of nitrogens with zero attached hydrogens (tertiary/aromatic N) is 1. The van der Waals surface area contributed by atoms with Gasteiger partial charge in [0.15, 0.2) is 11.5 Å². The molecule has 0 amide bonds. The van der Waals surface area contributed by atoms with Crippen molar-refractivity contribution in [3.8, 4) is 11.5 Å². The maximum atomic E-state index is 5.46. The molecule has 1 atom stereocenters. The Bertz CT molecular complexity index is 685. The Labute approximate surface area is 137 Å². The molecule has 120 valence electrons. The van der Waals surface area contributed by atoms with Gasteiger partial charge in [-0.15, -0.1) is 0 Å². The van der Waals surface area contributed by atoms with Crippen molar-refractivity contribution in [2.24, 2.45) is 0 Å². The standard InChI is InChI=1S/C19H22N2O2/c1-14(17(20-2)11-15-7-5-4-6-8-15)21(3)16-9-10-18-19(12-16)23-13-22-18/h4-10,12,17,20H,1,11,13H2,2-3H3. The average molecular weight is 310 g/mol. The first-order chi connectivity index (χ1) is 11.2. The van der Waals surface area contributed by atoms with E-state index >= 15 is 0 Å². The van der Waals surface area contributed by atoms with Crippen molar-refractivity contribution in [3.05, 3.63) is 66.4 Å². The molecule has 1 unspecified atom stereocenters. The summed E-state index contributed by atoms with van der Waals surface area (Å²) in [6.07, 6.45) is 0.894. The summed E-state index contributed by atoms with van der Waals surface area (Å²) in [4.78, 5) is 2.09. The molecular weight excluding hydrogens is 288 g/mol. The minimum Gasteiger partial charge on any atom is -0.454 e. The summed E-state index contributed by atoms with van der Waals surface area (Å²) in [5.74, 6) is 1.58. The molecule has 1 heterocycles. The quantitative estimate of drug-likeness (QED) is 0.888. The average Bonchev–Trinajstić information content (AvgIpc) is 3.07. The van der Waals surface area contributed by atoms with E-state index in [0.29, 0.717) is 0 Å². The number of ether oxygens (including phenoxy) is 2. The van der Waals surface area contributed by atoms with E-state index in [0.717, 1.165) is 29.3 Å².